The molecule has 0 spiro atoms. The molecule has 1 N–H and O–H groups in total. The number of hydrogen-bond donors (Lipinski definition) is 1. The number of carbonyl (C=O) groups excluding carboxylic acids is 1. The average Bonchev–Trinajstić information content (AvgIpc) is 2.75. The number of hydrogen-bond acceptors (Lipinski definition) is 5. The van der Waals surface area contributed by atoms with E-state index in [1.54, 1.807) is 42.5 Å². The molecule has 9 heteroatoms. The third kappa shape index (κ3) is 5.79. The third-order valence-corrected chi connectivity index (χ3v) is 4.53. The largest absolute Gasteiger partial charge is 0.487 e. The fraction of sp³-hybridized carbons (Fsp3) is 0.0476. The Kier molecular flexibility index (Phi) is 7.00. The lowest BCUT2D eigenvalue weighted by Gasteiger charge is -2.09. The molecule has 7 nitrogen and oxygen atoms in total. The maximum absolute atomic E-state index is 12.2. The van der Waals surface area contributed by atoms with Gasteiger partial charge >= 0.3 is 0 Å². The number of nitro benzene ring substituents is 1. The van der Waals surface area contributed by atoms with Crippen LogP contribution in [0.15, 0.2) is 71.8 Å². The van der Waals surface area contributed by atoms with Crippen molar-refractivity contribution in [2.45, 2.75) is 6.61 Å². The Morgan fingerprint density at radius 3 is 2.43 bits per heavy atom. The van der Waals surface area contributed by atoms with Gasteiger partial charge in [0.05, 0.1) is 16.2 Å². The van der Waals surface area contributed by atoms with Crippen molar-refractivity contribution in [1.29, 1.82) is 0 Å². The molecule has 0 aliphatic rings. The number of ether oxygens (including phenoxy) is 1. The molecule has 3 aromatic rings. The Bertz CT molecular complexity index is 1080. The molecule has 0 radical (unpaired) electrons. The van der Waals surface area contributed by atoms with Crippen LogP contribution in [0.5, 0.6) is 5.75 Å². The molecule has 1 amide bonds. The van der Waals surface area contributed by atoms with Crippen molar-refractivity contribution in [2.75, 3.05) is 0 Å². The van der Waals surface area contributed by atoms with Gasteiger partial charge in [0.25, 0.3) is 11.6 Å². The number of nitrogens with zero attached hydrogens (tertiary/aromatic N) is 2. The van der Waals surface area contributed by atoms with Crippen molar-refractivity contribution in [3.63, 3.8) is 0 Å². The fourth-order valence-corrected chi connectivity index (χ4v) is 2.75. The molecule has 0 heterocycles. The number of carbonyl (C=O) groups is 1. The van der Waals surface area contributed by atoms with E-state index in [0.29, 0.717) is 26.9 Å². The molecular formula is C21H15Cl2N3O4. The zero-order valence-corrected chi connectivity index (χ0v) is 16.9. The van der Waals surface area contributed by atoms with Crippen molar-refractivity contribution in [1.82, 2.24) is 5.43 Å². The number of halogens is 2. The van der Waals surface area contributed by atoms with Crippen molar-refractivity contribution in [3.8, 4) is 5.75 Å². The molecule has 0 atom stereocenters. The number of rotatable bonds is 7. The van der Waals surface area contributed by atoms with Crippen LogP contribution in [0.3, 0.4) is 0 Å². The molecule has 0 aliphatic carbocycles. The molecule has 0 bridgehead atoms. The van der Waals surface area contributed by atoms with E-state index >= 15 is 0 Å². The number of amides is 1. The number of hydrazone groups is 1. The van der Waals surface area contributed by atoms with Crippen LogP contribution in [-0.4, -0.2) is 17.0 Å². The summed E-state index contributed by atoms with van der Waals surface area (Å²) in [5, 5.41) is 15.5. The predicted octanol–water partition coefficient (Wildman–Crippen LogP) is 5.24. The van der Waals surface area contributed by atoms with Gasteiger partial charge in [-0.1, -0.05) is 35.3 Å². The zero-order chi connectivity index (χ0) is 21.5. The van der Waals surface area contributed by atoms with Gasteiger partial charge in [0, 0.05) is 28.8 Å². The van der Waals surface area contributed by atoms with E-state index < -0.39 is 10.8 Å². The highest BCUT2D eigenvalue weighted by Crippen LogP contribution is 2.28. The SMILES string of the molecule is O=C(N/N=C\c1ccc([N+](=O)[O-])cc1)c1ccc(COc2cc(Cl)ccc2Cl)cc1. The topological polar surface area (TPSA) is 93.8 Å². The maximum atomic E-state index is 12.2. The number of non-ortho nitro benzene ring substituents is 1. The first-order valence-corrected chi connectivity index (χ1v) is 9.42. The molecule has 0 aliphatic heterocycles. The second-order valence-corrected chi connectivity index (χ2v) is 6.95. The molecule has 3 aromatic carbocycles. The lowest BCUT2D eigenvalue weighted by atomic mass is 10.1. The van der Waals surface area contributed by atoms with Crippen molar-refractivity contribution < 1.29 is 14.5 Å². The van der Waals surface area contributed by atoms with E-state index in [4.69, 9.17) is 27.9 Å². The summed E-state index contributed by atoms with van der Waals surface area (Å²) >= 11 is 12.0. The van der Waals surface area contributed by atoms with E-state index in [9.17, 15) is 14.9 Å². The van der Waals surface area contributed by atoms with Crippen molar-refractivity contribution in [2.24, 2.45) is 5.10 Å². The van der Waals surface area contributed by atoms with E-state index in [1.807, 2.05) is 0 Å². The smallest absolute Gasteiger partial charge is 0.271 e. The normalized spacial score (nSPS) is 10.7. The summed E-state index contributed by atoms with van der Waals surface area (Å²) in [4.78, 5) is 22.3. The summed E-state index contributed by atoms with van der Waals surface area (Å²) in [5.41, 5.74) is 4.27. The Hall–Kier alpha value is -3.42. The van der Waals surface area contributed by atoms with Crippen LogP contribution in [0.4, 0.5) is 5.69 Å². The van der Waals surface area contributed by atoms with Crippen molar-refractivity contribution >= 4 is 41.0 Å². The summed E-state index contributed by atoms with van der Waals surface area (Å²) in [6.07, 6.45) is 1.40. The van der Waals surface area contributed by atoms with Gasteiger partial charge in [0.2, 0.25) is 0 Å². The number of benzene rings is 3. The summed E-state index contributed by atoms with van der Waals surface area (Å²) in [7, 11) is 0. The first-order valence-electron chi connectivity index (χ1n) is 8.67. The molecular weight excluding hydrogens is 429 g/mol. The van der Waals surface area contributed by atoms with Gasteiger partial charge in [-0.05, 0) is 47.5 Å². The lowest BCUT2D eigenvalue weighted by Crippen LogP contribution is -2.17. The Balaban J connectivity index is 1.54. The van der Waals surface area contributed by atoms with Gasteiger partial charge in [-0.25, -0.2) is 5.43 Å². The maximum Gasteiger partial charge on any atom is 0.271 e. The molecule has 3 rings (SSSR count). The average molecular weight is 444 g/mol. The van der Waals surface area contributed by atoms with Gasteiger partial charge in [0.15, 0.2) is 0 Å². The van der Waals surface area contributed by atoms with E-state index in [0.717, 1.165) is 5.56 Å². The van der Waals surface area contributed by atoms with Gasteiger partial charge in [-0.2, -0.15) is 5.10 Å². The Morgan fingerprint density at radius 1 is 1.07 bits per heavy atom. The van der Waals surface area contributed by atoms with Crippen LogP contribution in [-0.2, 0) is 6.61 Å². The van der Waals surface area contributed by atoms with Gasteiger partial charge in [-0.3, -0.25) is 14.9 Å². The molecule has 152 valence electrons. The predicted molar refractivity (Wildman–Crippen MR) is 115 cm³/mol. The van der Waals surface area contributed by atoms with Crippen LogP contribution in [0.2, 0.25) is 10.0 Å². The zero-order valence-electron chi connectivity index (χ0n) is 15.4. The summed E-state index contributed by atoms with van der Waals surface area (Å²) in [5.74, 6) is 0.0880. The molecule has 30 heavy (non-hydrogen) atoms. The van der Waals surface area contributed by atoms with E-state index in [2.05, 4.69) is 10.5 Å². The standard InChI is InChI=1S/C21H15Cl2N3O4/c22-17-7-10-19(23)20(11-17)30-13-15-1-5-16(6-2-15)21(27)25-24-12-14-3-8-18(9-4-14)26(28)29/h1-12H,13H2,(H,25,27)/b24-12-. The molecule has 0 saturated carbocycles. The van der Waals surface area contributed by atoms with Crippen molar-refractivity contribution in [3.05, 3.63) is 104 Å². The fourth-order valence-electron chi connectivity index (χ4n) is 2.41. The highest BCUT2D eigenvalue weighted by atomic mass is 35.5. The van der Waals surface area contributed by atoms with Crippen LogP contribution in [0, 0.1) is 10.1 Å². The highest BCUT2D eigenvalue weighted by Gasteiger charge is 2.07. The minimum atomic E-state index is -0.485. The Labute approximate surface area is 182 Å². The summed E-state index contributed by atoms with van der Waals surface area (Å²) < 4.78 is 5.66. The van der Waals surface area contributed by atoms with Crippen LogP contribution in [0.25, 0.3) is 0 Å². The monoisotopic (exact) mass is 443 g/mol. The lowest BCUT2D eigenvalue weighted by molar-refractivity contribution is -0.384. The van der Waals surface area contributed by atoms with Gasteiger partial charge < -0.3 is 4.74 Å². The van der Waals surface area contributed by atoms with E-state index in [1.165, 1.54) is 30.5 Å². The minimum Gasteiger partial charge on any atom is -0.487 e. The number of nitro groups is 1. The number of nitrogens with one attached hydrogen (secondary N) is 1. The first-order chi connectivity index (χ1) is 14.4. The second-order valence-electron chi connectivity index (χ2n) is 6.11. The first kappa shape index (κ1) is 21.3. The highest BCUT2D eigenvalue weighted by molar-refractivity contribution is 6.34. The summed E-state index contributed by atoms with van der Waals surface area (Å²) in [6.45, 7) is 0.264. The molecule has 0 aromatic heterocycles. The van der Waals surface area contributed by atoms with Crippen LogP contribution >= 0.6 is 23.2 Å². The Morgan fingerprint density at radius 2 is 1.77 bits per heavy atom. The van der Waals surface area contributed by atoms with Gasteiger partial charge in [0.1, 0.15) is 12.4 Å². The van der Waals surface area contributed by atoms with Crippen LogP contribution in [0.1, 0.15) is 21.5 Å². The molecule has 0 saturated heterocycles. The summed E-state index contributed by atoms with van der Waals surface area (Å²) in [6, 6.07) is 17.6. The van der Waals surface area contributed by atoms with Gasteiger partial charge in [-0.15, -0.1) is 0 Å². The second kappa shape index (κ2) is 9.87. The molecule has 0 fully saturated rings. The van der Waals surface area contributed by atoms with Crippen LogP contribution < -0.4 is 10.2 Å². The third-order valence-electron chi connectivity index (χ3n) is 3.99. The molecule has 0 unspecified atom stereocenters. The van der Waals surface area contributed by atoms with E-state index in [-0.39, 0.29) is 12.3 Å². The quantitative estimate of drug-likeness (QED) is 0.306. The minimum absolute atomic E-state index is 0.0158.